The van der Waals surface area contributed by atoms with Crippen molar-refractivity contribution in [2.45, 2.75) is 0 Å². The van der Waals surface area contributed by atoms with Gasteiger partial charge >= 0.3 is 5.97 Å². The van der Waals surface area contributed by atoms with Crippen LogP contribution in [-0.4, -0.2) is 28.0 Å². The number of fused-ring (bicyclic) bond motifs is 1. The Balaban J connectivity index is 2.18. The first-order chi connectivity index (χ1) is 10.6. The van der Waals surface area contributed by atoms with E-state index >= 15 is 0 Å². The third-order valence-electron chi connectivity index (χ3n) is 2.96. The van der Waals surface area contributed by atoms with Crippen molar-refractivity contribution in [2.24, 2.45) is 0 Å². The van der Waals surface area contributed by atoms with E-state index in [0.29, 0.717) is 16.8 Å². The minimum absolute atomic E-state index is 0.0434. The van der Waals surface area contributed by atoms with E-state index < -0.39 is 10.9 Å². The standard InChI is InChI=1S/C14H9N3O5/c1-21-14(18)9-5-8(6-10(7-9)17(19)20)13-16-12-11(22-13)3-2-4-15-12/h2-7H,1H3. The molecular weight excluding hydrogens is 290 g/mol. The highest BCUT2D eigenvalue weighted by atomic mass is 16.6. The highest BCUT2D eigenvalue weighted by Gasteiger charge is 2.18. The molecule has 8 heteroatoms. The molecule has 0 aliphatic rings. The van der Waals surface area contributed by atoms with E-state index in [1.54, 1.807) is 18.3 Å². The first-order valence-electron chi connectivity index (χ1n) is 6.18. The van der Waals surface area contributed by atoms with Crippen molar-refractivity contribution >= 4 is 22.9 Å². The largest absolute Gasteiger partial charge is 0.465 e. The maximum absolute atomic E-state index is 11.6. The minimum atomic E-state index is -0.681. The van der Waals surface area contributed by atoms with Gasteiger partial charge in [0.1, 0.15) is 0 Å². The molecule has 0 aliphatic heterocycles. The predicted octanol–water partition coefficient (Wildman–Crippen LogP) is 2.58. The number of oxazole rings is 1. The predicted molar refractivity (Wildman–Crippen MR) is 75.2 cm³/mol. The monoisotopic (exact) mass is 299 g/mol. The van der Waals surface area contributed by atoms with Crippen LogP contribution in [0.4, 0.5) is 5.69 Å². The maximum atomic E-state index is 11.6. The fraction of sp³-hybridized carbons (Fsp3) is 0.0714. The van der Waals surface area contributed by atoms with Crippen LogP contribution in [0.3, 0.4) is 0 Å². The summed E-state index contributed by atoms with van der Waals surface area (Å²) < 4.78 is 10.1. The smallest absolute Gasteiger partial charge is 0.338 e. The Bertz CT molecular complexity index is 854. The lowest BCUT2D eigenvalue weighted by molar-refractivity contribution is -0.384. The zero-order chi connectivity index (χ0) is 15.7. The first kappa shape index (κ1) is 13.7. The van der Waals surface area contributed by atoms with Crippen LogP contribution in [0.1, 0.15) is 10.4 Å². The molecule has 2 heterocycles. The Kier molecular flexibility index (Phi) is 3.26. The molecule has 22 heavy (non-hydrogen) atoms. The average Bonchev–Trinajstić information content (AvgIpc) is 2.97. The Hall–Kier alpha value is -3.29. The molecule has 0 N–H and O–H groups in total. The molecule has 0 fully saturated rings. The lowest BCUT2D eigenvalue weighted by Crippen LogP contribution is -2.02. The molecule has 0 bridgehead atoms. The first-order valence-corrected chi connectivity index (χ1v) is 6.18. The van der Waals surface area contributed by atoms with E-state index in [-0.39, 0.29) is 17.1 Å². The van der Waals surface area contributed by atoms with Gasteiger partial charge in [-0.2, -0.15) is 4.98 Å². The van der Waals surface area contributed by atoms with E-state index in [1.807, 2.05) is 0 Å². The van der Waals surface area contributed by atoms with Crippen molar-refractivity contribution in [3.8, 4) is 11.5 Å². The summed E-state index contributed by atoms with van der Waals surface area (Å²) in [4.78, 5) is 30.2. The number of ether oxygens (including phenoxy) is 1. The molecule has 110 valence electrons. The maximum Gasteiger partial charge on any atom is 0.338 e. The van der Waals surface area contributed by atoms with Crippen LogP contribution in [0.2, 0.25) is 0 Å². The van der Waals surface area contributed by atoms with Crippen molar-refractivity contribution in [1.29, 1.82) is 0 Å². The van der Waals surface area contributed by atoms with Crippen LogP contribution in [0.15, 0.2) is 40.9 Å². The highest BCUT2D eigenvalue weighted by molar-refractivity contribution is 5.91. The summed E-state index contributed by atoms with van der Waals surface area (Å²) in [6, 6.07) is 7.19. The fourth-order valence-corrected chi connectivity index (χ4v) is 1.97. The van der Waals surface area contributed by atoms with Crippen LogP contribution < -0.4 is 0 Å². The van der Waals surface area contributed by atoms with Gasteiger partial charge in [0, 0.05) is 23.9 Å². The molecule has 1 aromatic carbocycles. The molecule has 0 amide bonds. The molecule has 0 radical (unpaired) electrons. The van der Waals surface area contributed by atoms with Crippen LogP contribution in [0.25, 0.3) is 22.7 Å². The van der Waals surface area contributed by atoms with Gasteiger partial charge in [-0.1, -0.05) is 0 Å². The summed E-state index contributed by atoms with van der Waals surface area (Å²) in [5, 5.41) is 11.0. The number of nitro benzene ring substituents is 1. The molecule has 0 saturated carbocycles. The van der Waals surface area contributed by atoms with Crippen LogP contribution in [0, 0.1) is 10.1 Å². The van der Waals surface area contributed by atoms with Crippen LogP contribution in [-0.2, 0) is 4.74 Å². The number of nitro groups is 1. The summed E-state index contributed by atoms with van der Waals surface area (Å²) in [6.07, 6.45) is 1.56. The number of non-ortho nitro benzene ring substituents is 1. The number of nitrogens with zero attached hydrogens (tertiary/aromatic N) is 3. The summed E-state index contributed by atoms with van der Waals surface area (Å²) in [5.74, 6) is -0.540. The average molecular weight is 299 g/mol. The van der Waals surface area contributed by atoms with Gasteiger partial charge in [-0.15, -0.1) is 0 Å². The lowest BCUT2D eigenvalue weighted by Gasteiger charge is -2.02. The van der Waals surface area contributed by atoms with Gasteiger partial charge in [-0.3, -0.25) is 10.1 Å². The quantitative estimate of drug-likeness (QED) is 0.415. The highest BCUT2D eigenvalue weighted by Crippen LogP contribution is 2.28. The van der Waals surface area contributed by atoms with Gasteiger partial charge < -0.3 is 9.15 Å². The van der Waals surface area contributed by atoms with Gasteiger partial charge in [0.25, 0.3) is 5.69 Å². The summed E-state index contributed by atoms with van der Waals surface area (Å²) >= 11 is 0. The summed E-state index contributed by atoms with van der Waals surface area (Å²) in [7, 11) is 1.20. The molecule has 2 aromatic heterocycles. The van der Waals surface area contributed by atoms with Crippen molar-refractivity contribution in [1.82, 2.24) is 9.97 Å². The topological polar surface area (TPSA) is 108 Å². The van der Waals surface area contributed by atoms with Crippen molar-refractivity contribution in [2.75, 3.05) is 7.11 Å². The molecular formula is C14H9N3O5. The zero-order valence-electron chi connectivity index (χ0n) is 11.3. The minimum Gasteiger partial charge on any atom is -0.465 e. The lowest BCUT2D eigenvalue weighted by atomic mass is 10.1. The Morgan fingerprint density at radius 3 is 2.86 bits per heavy atom. The number of carbonyl (C=O) groups excluding carboxylic acids is 1. The third kappa shape index (κ3) is 2.37. The van der Waals surface area contributed by atoms with Crippen molar-refractivity contribution in [3.63, 3.8) is 0 Å². The second-order valence-electron chi connectivity index (χ2n) is 4.36. The van der Waals surface area contributed by atoms with Crippen LogP contribution >= 0.6 is 0 Å². The number of hydrogen-bond acceptors (Lipinski definition) is 7. The number of pyridine rings is 1. The fourth-order valence-electron chi connectivity index (χ4n) is 1.97. The molecule has 0 saturated heterocycles. The molecule has 0 aliphatic carbocycles. The number of rotatable bonds is 3. The number of esters is 1. The van der Waals surface area contributed by atoms with Gasteiger partial charge in [-0.05, 0) is 18.2 Å². The second-order valence-corrected chi connectivity index (χ2v) is 4.36. The number of carbonyl (C=O) groups is 1. The van der Waals surface area contributed by atoms with Gasteiger partial charge in [0.05, 0.1) is 17.6 Å². The van der Waals surface area contributed by atoms with Gasteiger partial charge in [0.2, 0.25) is 5.89 Å². The summed E-state index contributed by atoms with van der Waals surface area (Å²) in [5.41, 5.74) is 0.912. The Morgan fingerprint density at radius 1 is 1.36 bits per heavy atom. The van der Waals surface area contributed by atoms with Gasteiger partial charge in [-0.25, -0.2) is 9.78 Å². The SMILES string of the molecule is COC(=O)c1cc(-c2nc3ncccc3o2)cc([N+](=O)[O-])c1. The zero-order valence-corrected chi connectivity index (χ0v) is 11.3. The molecule has 8 nitrogen and oxygen atoms in total. The van der Waals surface area contributed by atoms with E-state index in [9.17, 15) is 14.9 Å². The summed E-state index contributed by atoms with van der Waals surface area (Å²) in [6.45, 7) is 0. The van der Waals surface area contributed by atoms with E-state index in [4.69, 9.17) is 4.42 Å². The number of methoxy groups -OCH3 is 1. The van der Waals surface area contributed by atoms with E-state index in [0.717, 1.165) is 6.07 Å². The number of aromatic nitrogens is 2. The molecule has 3 rings (SSSR count). The van der Waals surface area contributed by atoms with Crippen LogP contribution in [0.5, 0.6) is 0 Å². The van der Waals surface area contributed by atoms with E-state index in [2.05, 4.69) is 14.7 Å². The molecule has 0 spiro atoms. The number of benzene rings is 1. The normalized spacial score (nSPS) is 10.6. The number of hydrogen-bond donors (Lipinski definition) is 0. The molecule has 0 unspecified atom stereocenters. The molecule has 3 aromatic rings. The van der Waals surface area contributed by atoms with Crippen molar-refractivity contribution in [3.05, 3.63) is 52.2 Å². The van der Waals surface area contributed by atoms with Crippen molar-refractivity contribution < 1.29 is 18.9 Å². The second kappa shape index (κ2) is 5.24. The Labute approximate surface area is 123 Å². The molecule has 0 atom stereocenters. The van der Waals surface area contributed by atoms with E-state index in [1.165, 1.54) is 19.2 Å². The third-order valence-corrected chi connectivity index (χ3v) is 2.96. The van der Waals surface area contributed by atoms with Gasteiger partial charge in [0.15, 0.2) is 11.2 Å². The Morgan fingerprint density at radius 2 is 2.18 bits per heavy atom.